The number of fused-ring (bicyclic) bond motifs is 2. The highest BCUT2D eigenvalue weighted by molar-refractivity contribution is 5.70. The van der Waals surface area contributed by atoms with E-state index < -0.39 is 6.10 Å². The van der Waals surface area contributed by atoms with Gasteiger partial charge in [0.2, 0.25) is 5.88 Å². The zero-order chi connectivity index (χ0) is 23.5. The molecule has 0 bridgehead atoms. The monoisotopic (exact) mass is 469 g/mol. The zero-order valence-corrected chi connectivity index (χ0v) is 18.9. The van der Waals surface area contributed by atoms with Crippen molar-refractivity contribution in [3.63, 3.8) is 0 Å². The summed E-state index contributed by atoms with van der Waals surface area (Å²) in [6, 6.07) is 3.50. The van der Waals surface area contributed by atoms with Crippen molar-refractivity contribution in [2.45, 2.75) is 19.2 Å². The Morgan fingerprint density at radius 2 is 2.03 bits per heavy atom. The molecule has 0 aliphatic carbocycles. The number of likely N-dealkylation sites (tertiary alicyclic amines) is 1. The predicted molar refractivity (Wildman–Crippen MR) is 121 cm³/mol. The van der Waals surface area contributed by atoms with Crippen LogP contribution in [-0.4, -0.2) is 87.1 Å². The van der Waals surface area contributed by atoms with Gasteiger partial charge in [-0.25, -0.2) is 9.97 Å². The Morgan fingerprint density at radius 1 is 1.15 bits per heavy atom. The summed E-state index contributed by atoms with van der Waals surface area (Å²) in [5, 5.41) is 13.9. The Kier molecular flexibility index (Phi) is 6.52. The van der Waals surface area contributed by atoms with Gasteiger partial charge in [0.15, 0.2) is 11.4 Å². The maximum Gasteiger partial charge on any atom is 0.270 e. The van der Waals surface area contributed by atoms with E-state index in [0.717, 1.165) is 0 Å². The molecule has 0 unspecified atom stereocenters. The molecule has 3 aromatic rings. The van der Waals surface area contributed by atoms with Gasteiger partial charge in [-0.2, -0.15) is 9.97 Å². The predicted octanol–water partition coefficient (Wildman–Crippen LogP) is -0.556. The van der Waals surface area contributed by atoms with E-state index in [4.69, 9.17) is 14.2 Å². The van der Waals surface area contributed by atoms with Crippen LogP contribution in [0.3, 0.4) is 0 Å². The fraction of sp³-hybridized carbons (Fsp3) is 0.500. The molecule has 0 spiro atoms. The van der Waals surface area contributed by atoms with Crippen molar-refractivity contribution < 1.29 is 19.3 Å². The van der Waals surface area contributed by atoms with Gasteiger partial charge >= 0.3 is 0 Å². The maximum absolute atomic E-state index is 12.4. The molecular weight excluding hydrogens is 442 g/mol. The highest BCUT2D eigenvalue weighted by atomic mass is 16.6. The Hall–Kier alpha value is -3.35. The van der Waals surface area contributed by atoms with Crippen LogP contribution >= 0.6 is 0 Å². The number of nitrogens with zero attached hydrogens (tertiary/aromatic N) is 6. The third-order valence-electron chi connectivity index (χ3n) is 6.04. The van der Waals surface area contributed by atoms with E-state index in [2.05, 4.69) is 30.2 Å². The molecular formula is C22H27N7O5. The fourth-order valence-corrected chi connectivity index (χ4v) is 4.25. The summed E-state index contributed by atoms with van der Waals surface area (Å²) >= 11 is 0. The highest BCUT2D eigenvalue weighted by Crippen LogP contribution is 2.26. The molecule has 2 aliphatic heterocycles. The SMILES string of the molecule is COc1ccc2ncc(=O)n(CCN3C[C@H](CNCc4ncc5c(n4)OCCO5)[C@H](O)C3)c2n1. The lowest BCUT2D eigenvalue weighted by Crippen LogP contribution is -2.32. The minimum atomic E-state index is -0.460. The van der Waals surface area contributed by atoms with Gasteiger partial charge in [-0.3, -0.25) is 14.3 Å². The first-order valence-electron chi connectivity index (χ1n) is 11.2. The van der Waals surface area contributed by atoms with Gasteiger partial charge in [0.25, 0.3) is 11.4 Å². The summed E-state index contributed by atoms with van der Waals surface area (Å²) in [5.41, 5.74) is 0.903. The number of rotatable bonds is 8. The van der Waals surface area contributed by atoms with E-state index in [0.29, 0.717) is 87.0 Å². The minimum Gasteiger partial charge on any atom is -0.483 e. The van der Waals surface area contributed by atoms with E-state index in [-0.39, 0.29) is 11.5 Å². The van der Waals surface area contributed by atoms with E-state index in [1.54, 1.807) is 22.9 Å². The molecule has 0 amide bonds. The van der Waals surface area contributed by atoms with Gasteiger partial charge in [0, 0.05) is 44.7 Å². The van der Waals surface area contributed by atoms with Crippen LogP contribution in [0.2, 0.25) is 0 Å². The molecule has 3 aromatic heterocycles. The van der Waals surface area contributed by atoms with Crippen molar-refractivity contribution in [3.8, 4) is 17.5 Å². The summed E-state index contributed by atoms with van der Waals surface area (Å²) < 4.78 is 17.7. The lowest BCUT2D eigenvalue weighted by Gasteiger charge is -2.18. The Morgan fingerprint density at radius 3 is 2.91 bits per heavy atom. The minimum absolute atomic E-state index is 0.0568. The van der Waals surface area contributed by atoms with Crippen molar-refractivity contribution in [3.05, 3.63) is 40.7 Å². The topological polar surface area (TPSA) is 137 Å². The summed E-state index contributed by atoms with van der Waals surface area (Å²) in [6.07, 6.45) is 2.47. The van der Waals surface area contributed by atoms with Crippen molar-refractivity contribution in [1.82, 2.24) is 34.7 Å². The molecule has 0 aromatic carbocycles. The number of β-amino-alcohol motifs (C(OH)–C–C–N with tert-alkyl or cyclic N) is 1. The van der Waals surface area contributed by atoms with Crippen LogP contribution in [0.1, 0.15) is 5.82 Å². The van der Waals surface area contributed by atoms with E-state index in [1.807, 2.05) is 0 Å². The van der Waals surface area contributed by atoms with Gasteiger partial charge in [0.1, 0.15) is 24.6 Å². The molecule has 12 nitrogen and oxygen atoms in total. The third-order valence-corrected chi connectivity index (χ3v) is 6.04. The largest absolute Gasteiger partial charge is 0.483 e. The van der Waals surface area contributed by atoms with Crippen LogP contribution < -0.4 is 25.1 Å². The first kappa shape index (κ1) is 22.4. The Bertz CT molecular complexity index is 1220. The van der Waals surface area contributed by atoms with Crippen LogP contribution in [0, 0.1) is 5.92 Å². The number of aliphatic hydroxyl groups excluding tert-OH is 1. The molecule has 34 heavy (non-hydrogen) atoms. The van der Waals surface area contributed by atoms with Crippen LogP contribution in [0.15, 0.2) is 29.3 Å². The first-order chi connectivity index (χ1) is 16.6. The average molecular weight is 470 g/mol. The number of aliphatic hydroxyl groups is 1. The van der Waals surface area contributed by atoms with E-state index in [1.165, 1.54) is 13.3 Å². The summed E-state index contributed by atoms with van der Waals surface area (Å²) in [7, 11) is 1.53. The van der Waals surface area contributed by atoms with Crippen LogP contribution in [0.4, 0.5) is 0 Å². The Balaban J connectivity index is 1.16. The molecule has 2 aliphatic rings. The number of pyridine rings is 1. The third kappa shape index (κ3) is 4.79. The second kappa shape index (κ2) is 9.87. The number of ether oxygens (including phenoxy) is 3. The zero-order valence-electron chi connectivity index (χ0n) is 18.9. The van der Waals surface area contributed by atoms with Gasteiger partial charge in [0.05, 0.1) is 32.2 Å². The summed E-state index contributed by atoms with van der Waals surface area (Å²) in [4.78, 5) is 31.8. The van der Waals surface area contributed by atoms with Gasteiger partial charge in [-0.05, 0) is 6.07 Å². The molecule has 2 N–H and O–H groups in total. The first-order valence-corrected chi connectivity index (χ1v) is 11.2. The second-order valence-electron chi connectivity index (χ2n) is 8.31. The number of methoxy groups -OCH3 is 1. The lowest BCUT2D eigenvalue weighted by molar-refractivity contribution is 0.140. The molecule has 0 radical (unpaired) electrons. The number of aromatic nitrogens is 5. The molecule has 1 fully saturated rings. The molecule has 5 heterocycles. The molecule has 5 rings (SSSR count). The molecule has 12 heteroatoms. The maximum atomic E-state index is 12.4. The van der Waals surface area contributed by atoms with Gasteiger partial charge in [-0.1, -0.05) is 0 Å². The van der Waals surface area contributed by atoms with Crippen molar-refractivity contribution >= 4 is 11.2 Å². The lowest BCUT2D eigenvalue weighted by atomic mass is 10.1. The quantitative estimate of drug-likeness (QED) is 0.439. The molecule has 1 saturated heterocycles. The van der Waals surface area contributed by atoms with Crippen molar-refractivity contribution in [2.24, 2.45) is 5.92 Å². The number of hydrogen-bond donors (Lipinski definition) is 2. The summed E-state index contributed by atoms with van der Waals surface area (Å²) in [6.45, 7) is 4.36. The highest BCUT2D eigenvalue weighted by Gasteiger charge is 2.30. The van der Waals surface area contributed by atoms with E-state index >= 15 is 0 Å². The van der Waals surface area contributed by atoms with Crippen molar-refractivity contribution in [1.29, 1.82) is 0 Å². The van der Waals surface area contributed by atoms with Gasteiger partial charge < -0.3 is 24.6 Å². The van der Waals surface area contributed by atoms with E-state index in [9.17, 15) is 9.90 Å². The number of nitrogens with one attached hydrogen (secondary N) is 1. The van der Waals surface area contributed by atoms with Crippen molar-refractivity contribution in [2.75, 3.05) is 46.5 Å². The van der Waals surface area contributed by atoms with Crippen LogP contribution in [0.5, 0.6) is 17.5 Å². The smallest absolute Gasteiger partial charge is 0.270 e. The fourth-order valence-electron chi connectivity index (χ4n) is 4.25. The van der Waals surface area contributed by atoms with Crippen LogP contribution in [0.25, 0.3) is 11.2 Å². The second-order valence-corrected chi connectivity index (χ2v) is 8.31. The summed E-state index contributed by atoms with van der Waals surface area (Å²) in [5.74, 6) is 2.13. The van der Waals surface area contributed by atoms with Gasteiger partial charge in [-0.15, -0.1) is 0 Å². The normalized spacial score (nSPS) is 20.1. The molecule has 2 atom stereocenters. The standard InChI is InChI=1S/C22H27N7O5/c1-32-19-3-2-15-21(27-19)29(20(31)11-24-15)5-4-28-12-14(16(30)13-28)8-23-10-18-25-9-17-22(26-18)34-7-6-33-17/h2-3,9,11,14,16,23,30H,4-8,10,12-13H2,1H3/t14-,16+/m0/s1. The average Bonchev–Trinajstić information content (AvgIpc) is 3.22. The molecule has 180 valence electrons. The van der Waals surface area contributed by atoms with Crippen LogP contribution in [-0.2, 0) is 13.1 Å². The number of hydrogen-bond acceptors (Lipinski definition) is 11. The Labute approximate surface area is 195 Å². The molecule has 0 saturated carbocycles.